The van der Waals surface area contributed by atoms with Crippen LogP contribution in [0.5, 0.6) is 5.88 Å². The number of aliphatic hydroxyl groups is 2. The maximum Gasteiger partial charge on any atom is 0.259 e. The Hall–Kier alpha value is -3.48. The topological polar surface area (TPSA) is 116 Å². The van der Waals surface area contributed by atoms with Gasteiger partial charge in [-0.25, -0.2) is 4.98 Å². The van der Waals surface area contributed by atoms with Crippen molar-refractivity contribution < 1.29 is 24.5 Å². The molecule has 1 aliphatic heterocycles. The number of carbonyl (C=O) groups excluding carboxylic acids is 2. The van der Waals surface area contributed by atoms with E-state index in [-0.39, 0.29) is 42.2 Å². The third-order valence-corrected chi connectivity index (χ3v) is 7.35. The molecular weight excluding hydrogens is 484 g/mol. The number of amides is 2. The molecule has 2 N–H and O–H groups in total. The van der Waals surface area contributed by atoms with Crippen LogP contribution in [0.15, 0.2) is 36.8 Å². The molecule has 0 bridgehead atoms. The van der Waals surface area contributed by atoms with Crippen molar-refractivity contribution in [3.63, 3.8) is 0 Å². The van der Waals surface area contributed by atoms with Gasteiger partial charge in [0.1, 0.15) is 17.3 Å². The first kappa shape index (κ1) is 27.6. The molecular formula is C29H36N4O5. The summed E-state index contributed by atoms with van der Waals surface area (Å²) in [5.41, 5.74) is 0.575. The lowest BCUT2D eigenvalue weighted by atomic mass is 9.99. The number of nitrogens with zero attached hydrogens (tertiary/aromatic N) is 4. The van der Waals surface area contributed by atoms with Gasteiger partial charge in [0.25, 0.3) is 5.91 Å². The van der Waals surface area contributed by atoms with Crippen LogP contribution in [0.4, 0.5) is 0 Å². The molecule has 0 radical (unpaired) electrons. The van der Waals surface area contributed by atoms with Crippen molar-refractivity contribution in [2.45, 2.75) is 63.7 Å². The van der Waals surface area contributed by atoms with Crippen LogP contribution in [0.3, 0.4) is 0 Å². The summed E-state index contributed by atoms with van der Waals surface area (Å²) in [4.78, 5) is 38.2. The highest BCUT2D eigenvalue weighted by Gasteiger charge is 2.35. The first-order chi connectivity index (χ1) is 18.2. The molecule has 4 rings (SSSR count). The average molecular weight is 521 g/mol. The molecule has 3 atom stereocenters. The van der Waals surface area contributed by atoms with Gasteiger partial charge in [0, 0.05) is 43.7 Å². The smallest absolute Gasteiger partial charge is 0.259 e. The second kappa shape index (κ2) is 11.9. The average Bonchev–Trinajstić information content (AvgIpc) is 3.36. The number of fused-ring (bicyclic) bond motifs is 1. The Bertz CT molecular complexity index is 1200. The fourth-order valence-corrected chi connectivity index (χ4v) is 4.85. The summed E-state index contributed by atoms with van der Waals surface area (Å²) in [5.74, 6) is 5.59. The molecule has 0 unspecified atom stereocenters. The quantitative estimate of drug-likeness (QED) is 0.560. The van der Waals surface area contributed by atoms with Gasteiger partial charge in [0.15, 0.2) is 0 Å². The zero-order chi connectivity index (χ0) is 27.3. The van der Waals surface area contributed by atoms with E-state index in [2.05, 4.69) is 21.8 Å². The summed E-state index contributed by atoms with van der Waals surface area (Å²) in [6, 6.07) is 4.87. The van der Waals surface area contributed by atoms with Gasteiger partial charge in [-0.2, -0.15) is 0 Å². The fraction of sp³-hybridized carbons (Fsp3) is 0.517. The van der Waals surface area contributed by atoms with Crippen molar-refractivity contribution in [1.29, 1.82) is 0 Å². The number of carbonyl (C=O) groups is 2. The maximum absolute atomic E-state index is 13.6. The Morgan fingerprint density at radius 2 is 2.11 bits per heavy atom. The highest BCUT2D eigenvalue weighted by molar-refractivity contribution is 5.97. The minimum Gasteiger partial charge on any atom is -0.472 e. The van der Waals surface area contributed by atoms with Gasteiger partial charge in [-0.3, -0.25) is 14.6 Å². The van der Waals surface area contributed by atoms with E-state index >= 15 is 0 Å². The lowest BCUT2D eigenvalue weighted by molar-refractivity contribution is -0.130. The molecule has 2 aliphatic rings. The number of rotatable bonds is 6. The lowest BCUT2D eigenvalue weighted by Crippen LogP contribution is -2.50. The van der Waals surface area contributed by atoms with Crippen LogP contribution < -0.4 is 4.74 Å². The summed E-state index contributed by atoms with van der Waals surface area (Å²) in [6.45, 7) is 4.19. The van der Waals surface area contributed by atoms with E-state index in [1.54, 1.807) is 48.3 Å². The Labute approximate surface area is 223 Å². The normalized spacial score (nSPS) is 21.3. The van der Waals surface area contributed by atoms with E-state index in [4.69, 9.17) is 4.74 Å². The van der Waals surface area contributed by atoms with E-state index in [9.17, 15) is 19.8 Å². The number of hydrogen-bond acceptors (Lipinski definition) is 7. The number of ether oxygens (including phenoxy) is 1. The van der Waals surface area contributed by atoms with Gasteiger partial charge in [-0.1, -0.05) is 24.8 Å². The summed E-state index contributed by atoms with van der Waals surface area (Å²) in [6.07, 6.45) is 7.80. The van der Waals surface area contributed by atoms with Crippen LogP contribution in [-0.2, 0) is 11.2 Å². The summed E-state index contributed by atoms with van der Waals surface area (Å²) >= 11 is 0. The minimum atomic E-state index is -1.00. The molecule has 38 heavy (non-hydrogen) atoms. The SMILES string of the molecule is C[C@H]1CN([C@@H](C)CO)C(=O)c2cc(C#CC3(O)CCCC3)cnc2O[C@H]1CN(C)C(=O)Cc1cccnc1. The van der Waals surface area contributed by atoms with Crippen molar-refractivity contribution in [2.75, 3.05) is 26.7 Å². The Morgan fingerprint density at radius 3 is 2.79 bits per heavy atom. The molecule has 202 valence electrons. The molecule has 9 heteroatoms. The van der Waals surface area contributed by atoms with Gasteiger partial charge < -0.3 is 24.7 Å². The molecule has 2 amide bonds. The van der Waals surface area contributed by atoms with Gasteiger partial charge >= 0.3 is 0 Å². The lowest BCUT2D eigenvalue weighted by Gasteiger charge is -2.37. The first-order valence-corrected chi connectivity index (χ1v) is 13.2. The maximum atomic E-state index is 13.6. The molecule has 0 aromatic carbocycles. The van der Waals surface area contributed by atoms with Gasteiger partial charge in [0.2, 0.25) is 11.8 Å². The first-order valence-electron chi connectivity index (χ1n) is 13.2. The van der Waals surface area contributed by atoms with Gasteiger partial charge in [0.05, 0.1) is 25.6 Å². The van der Waals surface area contributed by atoms with Crippen LogP contribution in [0.1, 0.15) is 61.0 Å². The highest BCUT2D eigenvalue weighted by Crippen LogP contribution is 2.30. The second-order valence-electron chi connectivity index (χ2n) is 10.5. The predicted molar refractivity (Wildman–Crippen MR) is 141 cm³/mol. The molecule has 1 fully saturated rings. The Balaban J connectivity index is 1.60. The highest BCUT2D eigenvalue weighted by atomic mass is 16.5. The third kappa shape index (κ3) is 6.50. The molecule has 0 saturated heterocycles. The van der Waals surface area contributed by atoms with Crippen LogP contribution >= 0.6 is 0 Å². The zero-order valence-electron chi connectivity index (χ0n) is 22.3. The zero-order valence-corrected chi connectivity index (χ0v) is 22.3. The van der Waals surface area contributed by atoms with Gasteiger partial charge in [-0.05, 0) is 50.3 Å². The molecule has 2 aromatic heterocycles. The van der Waals surface area contributed by atoms with Crippen LogP contribution in [0, 0.1) is 17.8 Å². The molecule has 0 spiro atoms. The number of hydrogen-bond donors (Lipinski definition) is 2. The number of aliphatic hydroxyl groups excluding tert-OH is 1. The fourth-order valence-electron chi connectivity index (χ4n) is 4.85. The standard InChI is InChI=1S/C29H36N4O5/c1-20-17-33(21(2)19-34)28(36)24-13-23(8-11-29(37)9-4-5-10-29)16-31-27(24)38-25(20)18-32(3)26(35)14-22-7-6-12-30-15-22/h6-7,12-13,15-16,20-21,25,34,37H,4-5,9-10,14,17-19H2,1-3H3/t20-,21-,25-/m0/s1. The van der Waals surface area contributed by atoms with Crippen LogP contribution in [0.2, 0.25) is 0 Å². The van der Waals surface area contributed by atoms with Crippen LogP contribution in [-0.4, -0.2) is 86.3 Å². The number of likely N-dealkylation sites (N-methyl/N-ethyl adjacent to an activating group) is 1. The Kier molecular flexibility index (Phi) is 8.65. The van der Waals surface area contributed by atoms with Crippen LogP contribution in [0.25, 0.3) is 0 Å². The summed E-state index contributed by atoms with van der Waals surface area (Å²) < 4.78 is 6.28. The Morgan fingerprint density at radius 1 is 1.34 bits per heavy atom. The van der Waals surface area contributed by atoms with Crippen molar-refractivity contribution in [3.8, 4) is 17.7 Å². The van der Waals surface area contributed by atoms with Crippen molar-refractivity contribution in [1.82, 2.24) is 19.8 Å². The van der Waals surface area contributed by atoms with Crippen molar-refractivity contribution >= 4 is 11.8 Å². The molecule has 1 aliphatic carbocycles. The van der Waals surface area contributed by atoms with E-state index < -0.39 is 17.7 Å². The molecule has 2 aromatic rings. The molecule has 3 heterocycles. The summed E-state index contributed by atoms with van der Waals surface area (Å²) in [7, 11) is 1.73. The minimum absolute atomic E-state index is 0.0730. The molecule has 1 saturated carbocycles. The van der Waals surface area contributed by atoms with E-state index in [0.29, 0.717) is 31.5 Å². The van der Waals surface area contributed by atoms with E-state index in [0.717, 1.165) is 18.4 Å². The largest absolute Gasteiger partial charge is 0.472 e. The van der Waals surface area contributed by atoms with E-state index in [1.807, 2.05) is 13.0 Å². The second-order valence-corrected chi connectivity index (χ2v) is 10.5. The van der Waals surface area contributed by atoms with E-state index in [1.165, 1.54) is 6.20 Å². The van der Waals surface area contributed by atoms with Gasteiger partial charge in [-0.15, -0.1) is 0 Å². The van der Waals surface area contributed by atoms with Crippen molar-refractivity contribution in [2.24, 2.45) is 5.92 Å². The third-order valence-electron chi connectivity index (χ3n) is 7.35. The number of pyridine rings is 2. The summed E-state index contributed by atoms with van der Waals surface area (Å²) in [5, 5.41) is 20.5. The van der Waals surface area contributed by atoms with Crippen molar-refractivity contribution in [3.05, 3.63) is 53.5 Å². The predicted octanol–water partition coefficient (Wildman–Crippen LogP) is 2.05. The molecule has 9 nitrogen and oxygen atoms in total. The number of aromatic nitrogens is 2. The monoisotopic (exact) mass is 520 g/mol.